The summed E-state index contributed by atoms with van der Waals surface area (Å²) in [6, 6.07) is 13.9. The quantitative estimate of drug-likeness (QED) is 0.606. The summed E-state index contributed by atoms with van der Waals surface area (Å²) in [5.41, 5.74) is 7.18. The Morgan fingerprint density at radius 1 is 1.14 bits per heavy atom. The Morgan fingerprint density at radius 2 is 1.82 bits per heavy atom. The van der Waals surface area contributed by atoms with E-state index in [4.69, 9.17) is 10.5 Å². The summed E-state index contributed by atoms with van der Waals surface area (Å²) in [5, 5.41) is 0. The molecule has 0 aromatic heterocycles. The van der Waals surface area contributed by atoms with Crippen molar-refractivity contribution in [1.29, 1.82) is 0 Å². The maximum atomic E-state index is 12.0. The summed E-state index contributed by atoms with van der Waals surface area (Å²) in [6.07, 6.45) is -0.563. The van der Waals surface area contributed by atoms with E-state index in [1.165, 1.54) is 12.1 Å². The van der Waals surface area contributed by atoms with E-state index >= 15 is 0 Å². The topological polar surface area (TPSA) is 125 Å². The number of rotatable bonds is 9. The van der Waals surface area contributed by atoms with E-state index in [1.54, 1.807) is 13.0 Å². The van der Waals surface area contributed by atoms with Gasteiger partial charge < -0.3 is 15.2 Å². The van der Waals surface area contributed by atoms with E-state index < -0.39 is 33.8 Å². The normalized spacial score (nSPS) is 12.1. The predicted molar refractivity (Wildman–Crippen MR) is 104 cm³/mol. The smallest absolute Gasteiger partial charge is 0.322 e. The van der Waals surface area contributed by atoms with Gasteiger partial charge in [0.2, 0.25) is 10.0 Å². The average molecular weight is 406 g/mol. The molecule has 2 aromatic rings. The van der Waals surface area contributed by atoms with Gasteiger partial charge in [0.1, 0.15) is 5.75 Å². The van der Waals surface area contributed by atoms with E-state index in [9.17, 15) is 18.0 Å². The van der Waals surface area contributed by atoms with Crippen LogP contribution in [0, 0.1) is 6.92 Å². The zero-order chi connectivity index (χ0) is 20.7. The highest BCUT2D eigenvalue weighted by atomic mass is 32.2. The third kappa shape index (κ3) is 6.27. The number of benzene rings is 2. The number of hydrogen-bond acceptors (Lipinski definition) is 6. The monoisotopic (exact) mass is 406 g/mol. The molecule has 1 atom stereocenters. The number of primary amides is 1. The van der Waals surface area contributed by atoms with Crippen molar-refractivity contribution in [2.75, 3.05) is 17.6 Å². The van der Waals surface area contributed by atoms with Gasteiger partial charge >= 0.3 is 5.97 Å². The summed E-state index contributed by atoms with van der Waals surface area (Å²) >= 11 is 0. The summed E-state index contributed by atoms with van der Waals surface area (Å²) in [7, 11) is -2.79. The molecule has 9 heteroatoms. The molecule has 0 aliphatic carbocycles. The maximum absolute atomic E-state index is 12.0. The Balaban J connectivity index is 2.12. The minimum atomic E-state index is -3.90. The lowest BCUT2D eigenvalue weighted by atomic mass is 10.1. The molecule has 0 heterocycles. The van der Waals surface area contributed by atoms with Gasteiger partial charge in [0, 0.05) is 6.42 Å². The van der Waals surface area contributed by atoms with Crippen LogP contribution in [0.1, 0.15) is 11.1 Å². The number of nitrogens with two attached hydrogens (primary N) is 1. The number of carbonyl (C=O) groups excluding carboxylic acids is 2. The number of aryl methyl sites for hydroxylation is 1. The van der Waals surface area contributed by atoms with Crippen molar-refractivity contribution in [3.63, 3.8) is 0 Å². The van der Waals surface area contributed by atoms with Gasteiger partial charge in [-0.15, -0.1) is 0 Å². The molecule has 0 aliphatic heterocycles. The minimum Gasteiger partial charge on any atom is -0.480 e. The van der Waals surface area contributed by atoms with E-state index in [-0.39, 0.29) is 5.69 Å². The Morgan fingerprint density at radius 3 is 2.39 bits per heavy atom. The van der Waals surface area contributed by atoms with Gasteiger partial charge in [0.05, 0.1) is 12.8 Å². The van der Waals surface area contributed by atoms with E-state index in [0.29, 0.717) is 17.7 Å². The number of amides is 1. The molecular weight excluding hydrogens is 384 g/mol. The van der Waals surface area contributed by atoms with Crippen molar-refractivity contribution in [3.8, 4) is 5.75 Å². The molecule has 0 saturated carbocycles. The molecule has 0 aliphatic rings. The zero-order valence-electron chi connectivity index (χ0n) is 15.5. The standard InChI is InChI=1S/C19H22N2O6S/c1-13-10-15(8-9-16(13)21-28(24,25)12-18(22)26-2)27-17(19(20)23)11-14-6-4-3-5-7-14/h3-10,17,21H,11-12H2,1-2H3,(H2,20,23). The third-order valence-corrected chi connectivity index (χ3v) is 5.01. The fourth-order valence-electron chi connectivity index (χ4n) is 2.43. The molecule has 1 amide bonds. The van der Waals surface area contributed by atoms with Gasteiger partial charge in [0.15, 0.2) is 11.9 Å². The van der Waals surface area contributed by atoms with Crippen molar-refractivity contribution < 1.29 is 27.5 Å². The molecule has 8 nitrogen and oxygen atoms in total. The lowest BCUT2D eigenvalue weighted by Gasteiger charge is -2.17. The van der Waals surface area contributed by atoms with Crippen LogP contribution in [-0.4, -0.2) is 39.3 Å². The van der Waals surface area contributed by atoms with Crippen LogP contribution >= 0.6 is 0 Å². The van der Waals surface area contributed by atoms with Gasteiger partial charge in [-0.2, -0.15) is 0 Å². The summed E-state index contributed by atoms with van der Waals surface area (Å²) in [5.74, 6) is -1.89. The first-order valence-corrected chi connectivity index (χ1v) is 10.0. The SMILES string of the molecule is COC(=O)CS(=O)(=O)Nc1ccc(OC(Cc2ccccc2)C(N)=O)cc1C. The number of sulfonamides is 1. The molecule has 0 bridgehead atoms. The van der Waals surface area contributed by atoms with E-state index in [2.05, 4.69) is 9.46 Å². The summed E-state index contributed by atoms with van der Waals surface area (Å²) in [4.78, 5) is 22.9. The molecule has 0 radical (unpaired) electrons. The lowest BCUT2D eigenvalue weighted by Crippen LogP contribution is -2.35. The fourth-order valence-corrected chi connectivity index (χ4v) is 3.50. The van der Waals surface area contributed by atoms with Crippen molar-refractivity contribution >= 4 is 27.6 Å². The van der Waals surface area contributed by atoms with E-state index in [0.717, 1.165) is 12.7 Å². The molecule has 2 rings (SSSR count). The van der Waals surface area contributed by atoms with Crippen molar-refractivity contribution in [3.05, 3.63) is 59.7 Å². The minimum absolute atomic E-state index is 0.287. The number of methoxy groups -OCH3 is 1. The molecule has 1 unspecified atom stereocenters. The van der Waals surface area contributed by atoms with Crippen LogP contribution in [0.5, 0.6) is 5.75 Å². The Labute approximate surface area is 163 Å². The molecule has 150 valence electrons. The van der Waals surface area contributed by atoms with Gasteiger partial charge in [-0.1, -0.05) is 30.3 Å². The third-order valence-electron chi connectivity index (χ3n) is 3.86. The van der Waals surface area contributed by atoms with Crippen LogP contribution in [0.3, 0.4) is 0 Å². The number of anilines is 1. The number of hydrogen-bond donors (Lipinski definition) is 2. The second kappa shape index (κ2) is 9.23. The number of nitrogens with one attached hydrogen (secondary N) is 1. The molecule has 0 saturated heterocycles. The zero-order valence-corrected chi connectivity index (χ0v) is 16.4. The molecule has 28 heavy (non-hydrogen) atoms. The fraction of sp³-hybridized carbons (Fsp3) is 0.263. The van der Waals surface area contributed by atoms with Gasteiger partial charge in [0.25, 0.3) is 5.91 Å². The lowest BCUT2D eigenvalue weighted by molar-refractivity contribution is -0.137. The Hall–Kier alpha value is -3.07. The van der Waals surface area contributed by atoms with Crippen molar-refractivity contribution in [1.82, 2.24) is 0 Å². The molecule has 0 spiro atoms. The van der Waals surface area contributed by atoms with Crippen molar-refractivity contribution in [2.24, 2.45) is 5.73 Å². The second-order valence-corrected chi connectivity index (χ2v) is 7.83. The maximum Gasteiger partial charge on any atom is 0.322 e. The number of ether oxygens (including phenoxy) is 2. The Bertz CT molecular complexity index is 944. The van der Waals surface area contributed by atoms with Crippen LogP contribution in [0.4, 0.5) is 5.69 Å². The first kappa shape index (κ1) is 21.2. The second-order valence-electron chi connectivity index (χ2n) is 6.11. The van der Waals surface area contributed by atoms with Crippen LogP contribution in [-0.2, 0) is 30.8 Å². The number of carbonyl (C=O) groups is 2. The first-order chi connectivity index (χ1) is 13.2. The first-order valence-electron chi connectivity index (χ1n) is 8.38. The molecule has 0 fully saturated rings. The van der Waals surface area contributed by atoms with Crippen molar-refractivity contribution in [2.45, 2.75) is 19.4 Å². The van der Waals surface area contributed by atoms with Gasteiger partial charge in [-0.3, -0.25) is 14.3 Å². The van der Waals surface area contributed by atoms with Crippen LogP contribution in [0.25, 0.3) is 0 Å². The Kier molecular flexibility index (Phi) is 7.00. The van der Waals surface area contributed by atoms with E-state index in [1.807, 2.05) is 30.3 Å². The van der Waals surface area contributed by atoms with Crippen LogP contribution in [0.2, 0.25) is 0 Å². The highest BCUT2D eigenvalue weighted by Crippen LogP contribution is 2.24. The largest absolute Gasteiger partial charge is 0.480 e. The predicted octanol–water partition coefficient (Wildman–Crippen LogP) is 1.39. The van der Waals surface area contributed by atoms with Crippen LogP contribution in [0.15, 0.2) is 48.5 Å². The van der Waals surface area contributed by atoms with Gasteiger partial charge in [-0.05, 0) is 36.2 Å². The number of esters is 1. The van der Waals surface area contributed by atoms with Gasteiger partial charge in [-0.25, -0.2) is 8.42 Å². The average Bonchev–Trinajstić information content (AvgIpc) is 2.63. The van der Waals surface area contributed by atoms with Crippen LogP contribution < -0.4 is 15.2 Å². The highest BCUT2D eigenvalue weighted by Gasteiger charge is 2.20. The molecular formula is C19H22N2O6S. The molecule has 2 aromatic carbocycles. The summed E-state index contributed by atoms with van der Waals surface area (Å²) in [6.45, 7) is 1.67. The molecule has 3 N–H and O–H groups in total. The summed E-state index contributed by atoms with van der Waals surface area (Å²) < 4.78 is 36.3. The highest BCUT2D eigenvalue weighted by molar-refractivity contribution is 7.93.